The van der Waals surface area contributed by atoms with Gasteiger partial charge in [-0.2, -0.15) is 11.3 Å². The van der Waals surface area contributed by atoms with Crippen molar-refractivity contribution in [2.45, 2.75) is 6.42 Å². The van der Waals surface area contributed by atoms with Crippen LogP contribution in [-0.2, 0) is 20.7 Å². The number of thiophene rings is 1. The molecule has 1 aromatic carbocycles. The Kier molecular flexibility index (Phi) is 5.52. The van der Waals surface area contributed by atoms with Crippen molar-refractivity contribution in [1.82, 2.24) is 4.98 Å². The van der Waals surface area contributed by atoms with Crippen molar-refractivity contribution in [1.29, 1.82) is 0 Å². The Hall–Kier alpha value is -2.58. The topological polar surface area (TPSA) is 68.3 Å². The number of nitrogens with one attached hydrogen (secondary N) is 1. The SMILES string of the molecule is O=C(COC(=O)Cc1ccsc1)Nc1nc(-c2ccc(F)cc2)cs1. The number of amides is 1. The van der Waals surface area contributed by atoms with Crippen LogP contribution >= 0.6 is 22.7 Å². The third-order valence-electron chi connectivity index (χ3n) is 3.18. The maximum Gasteiger partial charge on any atom is 0.310 e. The average Bonchev–Trinajstić information content (AvgIpc) is 3.26. The second-order valence-electron chi connectivity index (χ2n) is 5.06. The third-order valence-corrected chi connectivity index (χ3v) is 4.67. The lowest BCUT2D eigenvalue weighted by atomic mass is 10.2. The number of anilines is 1. The molecule has 3 aromatic rings. The largest absolute Gasteiger partial charge is 0.455 e. The zero-order valence-corrected chi connectivity index (χ0v) is 14.5. The number of nitrogens with zero attached hydrogens (tertiary/aromatic N) is 1. The van der Waals surface area contributed by atoms with E-state index in [0.717, 1.165) is 11.1 Å². The highest BCUT2D eigenvalue weighted by Gasteiger charge is 2.11. The van der Waals surface area contributed by atoms with Crippen LogP contribution < -0.4 is 5.32 Å². The summed E-state index contributed by atoms with van der Waals surface area (Å²) in [6, 6.07) is 7.75. The fourth-order valence-electron chi connectivity index (χ4n) is 2.00. The summed E-state index contributed by atoms with van der Waals surface area (Å²) in [5.41, 5.74) is 2.24. The first kappa shape index (κ1) is 17.2. The number of ether oxygens (including phenoxy) is 1. The zero-order chi connectivity index (χ0) is 17.6. The van der Waals surface area contributed by atoms with Crippen LogP contribution in [0, 0.1) is 5.82 Å². The van der Waals surface area contributed by atoms with Crippen molar-refractivity contribution in [2.75, 3.05) is 11.9 Å². The molecule has 0 atom stereocenters. The van der Waals surface area contributed by atoms with E-state index in [0.29, 0.717) is 10.8 Å². The Bertz CT molecular complexity index is 860. The Morgan fingerprint density at radius 1 is 1.16 bits per heavy atom. The van der Waals surface area contributed by atoms with Crippen LogP contribution in [0.3, 0.4) is 0 Å². The van der Waals surface area contributed by atoms with E-state index < -0.39 is 11.9 Å². The highest BCUT2D eigenvalue weighted by atomic mass is 32.1. The van der Waals surface area contributed by atoms with E-state index in [9.17, 15) is 14.0 Å². The van der Waals surface area contributed by atoms with Crippen LogP contribution in [0.25, 0.3) is 11.3 Å². The summed E-state index contributed by atoms with van der Waals surface area (Å²) in [7, 11) is 0. The average molecular weight is 376 g/mol. The summed E-state index contributed by atoms with van der Waals surface area (Å²) in [6.45, 7) is -0.367. The first-order valence-electron chi connectivity index (χ1n) is 7.28. The first-order valence-corrected chi connectivity index (χ1v) is 9.10. The van der Waals surface area contributed by atoms with Crippen molar-refractivity contribution in [3.8, 4) is 11.3 Å². The smallest absolute Gasteiger partial charge is 0.310 e. The van der Waals surface area contributed by atoms with E-state index in [-0.39, 0.29) is 18.8 Å². The van der Waals surface area contributed by atoms with Gasteiger partial charge in [0, 0.05) is 10.9 Å². The van der Waals surface area contributed by atoms with Crippen LogP contribution in [0.1, 0.15) is 5.56 Å². The minimum atomic E-state index is -0.460. The second kappa shape index (κ2) is 8.00. The molecule has 128 valence electrons. The number of thiazole rings is 1. The zero-order valence-electron chi connectivity index (χ0n) is 12.9. The molecule has 2 aromatic heterocycles. The van der Waals surface area contributed by atoms with Crippen LogP contribution in [0.4, 0.5) is 9.52 Å². The highest BCUT2D eigenvalue weighted by molar-refractivity contribution is 7.14. The molecule has 0 aliphatic heterocycles. The van der Waals surface area contributed by atoms with Gasteiger partial charge < -0.3 is 4.74 Å². The van der Waals surface area contributed by atoms with Gasteiger partial charge in [-0.1, -0.05) is 0 Å². The molecule has 0 unspecified atom stereocenters. The molecule has 0 spiro atoms. The van der Waals surface area contributed by atoms with Gasteiger partial charge >= 0.3 is 5.97 Å². The van der Waals surface area contributed by atoms with Crippen LogP contribution in [0.2, 0.25) is 0 Å². The van der Waals surface area contributed by atoms with E-state index in [1.54, 1.807) is 17.5 Å². The lowest BCUT2D eigenvalue weighted by Gasteiger charge is -2.04. The minimum absolute atomic E-state index is 0.142. The highest BCUT2D eigenvalue weighted by Crippen LogP contribution is 2.24. The molecule has 0 fully saturated rings. The molecular formula is C17H13FN2O3S2. The van der Waals surface area contributed by atoms with Crippen molar-refractivity contribution in [3.05, 3.63) is 57.9 Å². The van der Waals surface area contributed by atoms with E-state index in [2.05, 4.69) is 10.3 Å². The van der Waals surface area contributed by atoms with Gasteiger partial charge in [-0.05, 0) is 46.7 Å². The summed E-state index contributed by atoms with van der Waals surface area (Å²) in [6.07, 6.45) is 0.142. The Morgan fingerprint density at radius 2 is 1.96 bits per heavy atom. The maximum absolute atomic E-state index is 12.9. The predicted molar refractivity (Wildman–Crippen MR) is 95.1 cm³/mol. The van der Waals surface area contributed by atoms with Crippen molar-refractivity contribution in [2.24, 2.45) is 0 Å². The molecule has 0 aliphatic rings. The van der Waals surface area contributed by atoms with E-state index in [1.165, 1.54) is 34.8 Å². The molecule has 25 heavy (non-hydrogen) atoms. The summed E-state index contributed by atoms with van der Waals surface area (Å²) < 4.78 is 17.9. The monoisotopic (exact) mass is 376 g/mol. The number of halogens is 1. The van der Waals surface area contributed by atoms with Gasteiger partial charge in [0.2, 0.25) is 0 Å². The quantitative estimate of drug-likeness (QED) is 0.666. The number of hydrogen-bond donors (Lipinski definition) is 1. The van der Waals surface area contributed by atoms with Gasteiger partial charge in [0.25, 0.3) is 5.91 Å². The van der Waals surface area contributed by atoms with Crippen molar-refractivity contribution in [3.63, 3.8) is 0 Å². The number of aromatic nitrogens is 1. The number of carbonyl (C=O) groups excluding carboxylic acids is 2. The Balaban J connectivity index is 1.49. The normalized spacial score (nSPS) is 10.4. The lowest BCUT2D eigenvalue weighted by molar-refractivity contribution is -0.146. The summed E-state index contributed by atoms with van der Waals surface area (Å²) in [5.74, 6) is -1.24. The molecule has 0 bridgehead atoms. The molecule has 0 aliphatic carbocycles. The Morgan fingerprint density at radius 3 is 2.68 bits per heavy atom. The summed E-state index contributed by atoms with van der Waals surface area (Å²) in [4.78, 5) is 27.7. The molecular weight excluding hydrogens is 363 g/mol. The first-order chi connectivity index (χ1) is 12.1. The molecule has 5 nitrogen and oxygen atoms in total. The van der Waals surface area contributed by atoms with E-state index >= 15 is 0 Å². The second-order valence-corrected chi connectivity index (χ2v) is 6.70. The van der Waals surface area contributed by atoms with Gasteiger partial charge in [-0.15, -0.1) is 11.3 Å². The predicted octanol–water partition coefficient (Wildman–Crippen LogP) is 3.74. The summed E-state index contributed by atoms with van der Waals surface area (Å²) >= 11 is 2.73. The van der Waals surface area contributed by atoms with Crippen LogP contribution in [-0.4, -0.2) is 23.5 Å². The van der Waals surface area contributed by atoms with Gasteiger partial charge in [-0.25, -0.2) is 9.37 Å². The van der Waals surface area contributed by atoms with E-state index in [1.807, 2.05) is 16.8 Å². The molecule has 8 heteroatoms. The van der Waals surface area contributed by atoms with Gasteiger partial charge in [0.15, 0.2) is 11.7 Å². The molecule has 0 saturated carbocycles. The van der Waals surface area contributed by atoms with E-state index in [4.69, 9.17) is 4.74 Å². The lowest BCUT2D eigenvalue weighted by Crippen LogP contribution is -2.21. The fraction of sp³-hybridized carbons (Fsp3) is 0.118. The Labute approximate surface area is 151 Å². The van der Waals surface area contributed by atoms with Crippen LogP contribution in [0.5, 0.6) is 0 Å². The number of hydrogen-bond acceptors (Lipinski definition) is 6. The number of carbonyl (C=O) groups is 2. The number of rotatable bonds is 6. The van der Waals surface area contributed by atoms with Crippen LogP contribution in [0.15, 0.2) is 46.5 Å². The molecule has 0 radical (unpaired) electrons. The molecule has 1 N–H and O–H groups in total. The standard InChI is InChI=1S/C17H13FN2O3S2/c18-13-3-1-12(2-4-13)14-10-25-17(19-14)20-15(21)8-23-16(22)7-11-5-6-24-9-11/h1-6,9-10H,7-8H2,(H,19,20,21). The van der Waals surface area contributed by atoms with Crippen molar-refractivity contribution < 1.29 is 18.7 Å². The van der Waals surface area contributed by atoms with Crippen molar-refractivity contribution >= 4 is 39.7 Å². The molecule has 3 rings (SSSR count). The molecule has 0 saturated heterocycles. The molecule has 2 heterocycles. The maximum atomic E-state index is 12.9. The number of benzene rings is 1. The summed E-state index contributed by atoms with van der Waals surface area (Å²) in [5, 5.41) is 8.45. The van der Waals surface area contributed by atoms with Gasteiger partial charge in [-0.3, -0.25) is 14.9 Å². The minimum Gasteiger partial charge on any atom is -0.455 e. The number of esters is 1. The van der Waals surface area contributed by atoms with Gasteiger partial charge in [0.05, 0.1) is 12.1 Å². The molecule has 1 amide bonds. The van der Waals surface area contributed by atoms with Gasteiger partial charge in [0.1, 0.15) is 5.82 Å². The third kappa shape index (κ3) is 4.94. The fourth-order valence-corrected chi connectivity index (χ4v) is 3.40.